The van der Waals surface area contributed by atoms with Crippen molar-refractivity contribution >= 4 is 5.91 Å². The molecule has 0 radical (unpaired) electrons. The SMILES string of the molecule is C[C@H](NC(=O)/C=C/C(C)(C)C)c1ccccc1. The number of benzene rings is 1. The monoisotopic (exact) mass is 231 g/mol. The molecule has 0 bridgehead atoms. The summed E-state index contributed by atoms with van der Waals surface area (Å²) in [7, 11) is 0. The van der Waals surface area contributed by atoms with Gasteiger partial charge in [-0.15, -0.1) is 0 Å². The van der Waals surface area contributed by atoms with Crippen LogP contribution in [0.1, 0.15) is 39.3 Å². The van der Waals surface area contributed by atoms with Gasteiger partial charge in [0.2, 0.25) is 5.91 Å². The van der Waals surface area contributed by atoms with E-state index in [1.54, 1.807) is 6.08 Å². The van der Waals surface area contributed by atoms with Crippen molar-refractivity contribution < 1.29 is 4.79 Å². The minimum atomic E-state index is -0.0451. The summed E-state index contributed by atoms with van der Waals surface area (Å²) in [5.41, 5.74) is 1.15. The van der Waals surface area contributed by atoms with E-state index in [0.717, 1.165) is 5.56 Å². The van der Waals surface area contributed by atoms with Crippen molar-refractivity contribution in [2.75, 3.05) is 0 Å². The molecule has 1 aromatic carbocycles. The van der Waals surface area contributed by atoms with Gasteiger partial charge in [0.25, 0.3) is 0 Å². The van der Waals surface area contributed by atoms with E-state index >= 15 is 0 Å². The Morgan fingerprint density at radius 3 is 2.35 bits per heavy atom. The van der Waals surface area contributed by atoms with Gasteiger partial charge in [0.15, 0.2) is 0 Å². The standard InChI is InChI=1S/C15H21NO/c1-12(13-8-6-5-7-9-13)16-14(17)10-11-15(2,3)4/h5-12H,1-4H3,(H,16,17)/b11-10+/t12-/m0/s1. The molecular weight excluding hydrogens is 210 g/mol. The fraction of sp³-hybridized carbons (Fsp3) is 0.400. The van der Waals surface area contributed by atoms with Gasteiger partial charge in [0.05, 0.1) is 6.04 Å². The van der Waals surface area contributed by atoms with E-state index in [4.69, 9.17) is 0 Å². The third-order valence-corrected chi connectivity index (χ3v) is 2.39. The fourth-order valence-corrected chi connectivity index (χ4v) is 1.41. The van der Waals surface area contributed by atoms with Gasteiger partial charge in [-0.25, -0.2) is 0 Å². The molecule has 1 N–H and O–H groups in total. The van der Waals surface area contributed by atoms with Gasteiger partial charge in [-0.05, 0) is 24.0 Å². The van der Waals surface area contributed by atoms with Crippen LogP contribution >= 0.6 is 0 Å². The average molecular weight is 231 g/mol. The summed E-state index contributed by atoms with van der Waals surface area (Å²) in [5.74, 6) is -0.0451. The van der Waals surface area contributed by atoms with Crippen LogP contribution < -0.4 is 5.32 Å². The number of rotatable bonds is 3. The Kier molecular flexibility index (Phi) is 4.50. The first-order valence-electron chi connectivity index (χ1n) is 5.93. The molecule has 2 nitrogen and oxygen atoms in total. The zero-order valence-electron chi connectivity index (χ0n) is 11.0. The number of carbonyl (C=O) groups is 1. The van der Waals surface area contributed by atoms with Gasteiger partial charge in [-0.3, -0.25) is 4.79 Å². The second kappa shape index (κ2) is 5.67. The third-order valence-electron chi connectivity index (χ3n) is 2.39. The molecule has 0 aromatic heterocycles. The molecule has 1 rings (SSSR count). The highest BCUT2D eigenvalue weighted by molar-refractivity contribution is 5.87. The van der Waals surface area contributed by atoms with Crippen molar-refractivity contribution in [1.82, 2.24) is 5.32 Å². The fourth-order valence-electron chi connectivity index (χ4n) is 1.41. The second-order valence-electron chi connectivity index (χ2n) is 5.34. The van der Waals surface area contributed by atoms with E-state index in [1.807, 2.05) is 43.3 Å². The molecule has 0 aliphatic rings. The summed E-state index contributed by atoms with van der Waals surface area (Å²) in [6.45, 7) is 8.18. The van der Waals surface area contributed by atoms with E-state index < -0.39 is 0 Å². The minimum absolute atomic E-state index is 0.0350. The lowest BCUT2D eigenvalue weighted by Crippen LogP contribution is -2.25. The molecular formula is C15H21NO. The van der Waals surface area contributed by atoms with Gasteiger partial charge < -0.3 is 5.32 Å². The molecule has 1 amide bonds. The van der Waals surface area contributed by atoms with E-state index in [9.17, 15) is 4.79 Å². The van der Waals surface area contributed by atoms with E-state index in [0.29, 0.717) is 0 Å². The van der Waals surface area contributed by atoms with E-state index in [-0.39, 0.29) is 17.4 Å². The zero-order valence-corrected chi connectivity index (χ0v) is 11.0. The molecule has 0 aliphatic heterocycles. The first-order valence-corrected chi connectivity index (χ1v) is 5.93. The predicted octanol–water partition coefficient (Wildman–Crippen LogP) is 3.47. The summed E-state index contributed by atoms with van der Waals surface area (Å²) in [6, 6.07) is 9.98. The molecule has 92 valence electrons. The van der Waals surface area contributed by atoms with Crippen molar-refractivity contribution in [2.45, 2.75) is 33.7 Å². The van der Waals surface area contributed by atoms with Crippen molar-refractivity contribution in [1.29, 1.82) is 0 Å². The summed E-state index contributed by atoms with van der Waals surface area (Å²) in [6.07, 6.45) is 3.53. The predicted molar refractivity (Wildman–Crippen MR) is 71.6 cm³/mol. The third kappa shape index (κ3) is 5.34. The van der Waals surface area contributed by atoms with Crippen LogP contribution in [-0.2, 0) is 4.79 Å². The van der Waals surface area contributed by atoms with Crippen LogP contribution in [0.2, 0.25) is 0 Å². The van der Waals surface area contributed by atoms with Crippen molar-refractivity contribution in [3.05, 3.63) is 48.0 Å². The minimum Gasteiger partial charge on any atom is -0.346 e. The van der Waals surface area contributed by atoms with Gasteiger partial charge in [0, 0.05) is 0 Å². The molecule has 0 saturated carbocycles. The Balaban J connectivity index is 2.56. The lowest BCUT2D eigenvalue weighted by atomic mass is 9.96. The highest BCUT2D eigenvalue weighted by Crippen LogP contribution is 2.15. The van der Waals surface area contributed by atoms with Crippen LogP contribution in [0.5, 0.6) is 0 Å². The number of carbonyl (C=O) groups excluding carboxylic acids is 1. The Labute approximate surface area is 104 Å². The van der Waals surface area contributed by atoms with Crippen molar-refractivity contribution in [3.63, 3.8) is 0 Å². The van der Waals surface area contributed by atoms with Gasteiger partial charge >= 0.3 is 0 Å². The molecule has 0 fully saturated rings. The number of allylic oxidation sites excluding steroid dienone is 1. The first-order chi connectivity index (χ1) is 7.88. The maximum absolute atomic E-state index is 11.7. The first kappa shape index (κ1) is 13.5. The summed E-state index contributed by atoms with van der Waals surface area (Å²) < 4.78 is 0. The average Bonchev–Trinajstić information content (AvgIpc) is 2.27. The molecule has 17 heavy (non-hydrogen) atoms. The normalized spacial score (nSPS) is 13.6. The van der Waals surface area contributed by atoms with Gasteiger partial charge in [0.1, 0.15) is 0 Å². The summed E-state index contributed by atoms with van der Waals surface area (Å²) in [4.78, 5) is 11.7. The molecule has 1 atom stereocenters. The number of nitrogens with one attached hydrogen (secondary N) is 1. The summed E-state index contributed by atoms with van der Waals surface area (Å²) >= 11 is 0. The van der Waals surface area contributed by atoms with Crippen LogP contribution in [0.3, 0.4) is 0 Å². The Hall–Kier alpha value is -1.57. The largest absolute Gasteiger partial charge is 0.346 e. The smallest absolute Gasteiger partial charge is 0.244 e. The van der Waals surface area contributed by atoms with Gasteiger partial charge in [-0.2, -0.15) is 0 Å². The molecule has 2 heteroatoms. The maximum Gasteiger partial charge on any atom is 0.244 e. The molecule has 0 unspecified atom stereocenters. The number of hydrogen-bond acceptors (Lipinski definition) is 1. The lowest BCUT2D eigenvalue weighted by Gasteiger charge is -2.14. The highest BCUT2D eigenvalue weighted by Gasteiger charge is 2.08. The Morgan fingerprint density at radius 2 is 1.82 bits per heavy atom. The molecule has 0 saturated heterocycles. The van der Waals surface area contributed by atoms with Crippen molar-refractivity contribution in [2.24, 2.45) is 5.41 Å². The van der Waals surface area contributed by atoms with Crippen LogP contribution in [0.25, 0.3) is 0 Å². The van der Waals surface area contributed by atoms with Crippen LogP contribution in [0.15, 0.2) is 42.5 Å². The van der Waals surface area contributed by atoms with Crippen molar-refractivity contribution in [3.8, 4) is 0 Å². The van der Waals surface area contributed by atoms with Gasteiger partial charge in [-0.1, -0.05) is 57.2 Å². The van der Waals surface area contributed by atoms with E-state index in [1.165, 1.54) is 0 Å². The summed E-state index contributed by atoms with van der Waals surface area (Å²) in [5, 5.41) is 2.94. The lowest BCUT2D eigenvalue weighted by molar-refractivity contribution is -0.117. The maximum atomic E-state index is 11.7. The quantitative estimate of drug-likeness (QED) is 0.793. The van der Waals surface area contributed by atoms with Crippen LogP contribution in [-0.4, -0.2) is 5.91 Å². The topological polar surface area (TPSA) is 29.1 Å². The number of amides is 1. The molecule has 1 aromatic rings. The molecule has 0 aliphatic carbocycles. The molecule has 0 spiro atoms. The highest BCUT2D eigenvalue weighted by atomic mass is 16.1. The zero-order chi connectivity index (χ0) is 12.9. The Bertz CT molecular complexity index is 387. The van der Waals surface area contributed by atoms with Crippen LogP contribution in [0.4, 0.5) is 0 Å². The Morgan fingerprint density at radius 1 is 1.24 bits per heavy atom. The van der Waals surface area contributed by atoms with Crippen LogP contribution in [0, 0.1) is 5.41 Å². The second-order valence-corrected chi connectivity index (χ2v) is 5.34. The number of hydrogen-bond donors (Lipinski definition) is 1. The molecule has 0 heterocycles. The van der Waals surface area contributed by atoms with E-state index in [2.05, 4.69) is 26.1 Å².